The predicted octanol–water partition coefficient (Wildman–Crippen LogP) is 6.62. The number of benzene rings is 2. The normalized spacial score (nSPS) is 16.6. The number of unbranched alkanes of at least 4 members (excludes halogenated alkanes) is 1. The standard InChI is InChI=1S/C34H42N4O3S/c1-3-4-12-25-18-20-28(21-19-25)42(40,41)38-34(2,23-27-24-36-30-16-9-8-15-29(27)30)33(39)37-32(26-13-6-5-7-14-26)31-17-10-11-22-35-31/h8-11,15-22,24,26,32,36,38H,3-7,12-14,23H2,1-2H3,(H,37,39). The van der Waals surface area contributed by atoms with Crippen LogP contribution in [0.3, 0.4) is 0 Å². The molecule has 4 aromatic rings. The van der Waals surface area contributed by atoms with Crippen molar-refractivity contribution in [3.05, 3.63) is 95.9 Å². The van der Waals surface area contributed by atoms with Gasteiger partial charge in [-0.2, -0.15) is 4.72 Å². The van der Waals surface area contributed by atoms with Crippen molar-refractivity contribution in [2.75, 3.05) is 0 Å². The number of rotatable bonds is 12. The summed E-state index contributed by atoms with van der Waals surface area (Å²) >= 11 is 0. The van der Waals surface area contributed by atoms with E-state index >= 15 is 0 Å². The van der Waals surface area contributed by atoms with Crippen LogP contribution in [0.15, 0.2) is 84.0 Å². The van der Waals surface area contributed by atoms with E-state index in [-0.39, 0.29) is 29.2 Å². The second-order valence-corrected chi connectivity index (χ2v) is 13.5. The average Bonchev–Trinajstić information content (AvgIpc) is 3.41. The van der Waals surface area contributed by atoms with Crippen LogP contribution in [0.1, 0.15) is 81.7 Å². The van der Waals surface area contributed by atoms with Gasteiger partial charge in [0.2, 0.25) is 15.9 Å². The summed E-state index contributed by atoms with van der Waals surface area (Å²) in [5.41, 5.74) is 2.24. The molecular weight excluding hydrogens is 544 g/mol. The van der Waals surface area contributed by atoms with Crippen LogP contribution in [0.25, 0.3) is 10.9 Å². The minimum absolute atomic E-state index is 0.147. The van der Waals surface area contributed by atoms with Gasteiger partial charge in [-0.05, 0) is 80.0 Å². The Morgan fingerprint density at radius 1 is 1.02 bits per heavy atom. The number of aromatic nitrogens is 2. The van der Waals surface area contributed by atoms with Crippen molar-refractivity contribution in [1.29, 1.82) is 0 Å². The summed E-state index contributed by atoms with van der Waals surface area (Å²) in [4.78, 5) is 22.4. The first-order valence-corrected chi connectivity index (χ1v) is 16.7. The van der Waals surface area contributed by atoms with E-state index < -0.39 is 15.6 Å². The number of nitrogens with one attached hydrogen (secondary N) is 3. The number of carbonyl (C=O) groups is 1. The molecule has 0 radical (unpaired) electrons. The van der Waals surface area contributed by atoms with Crippen LogP contribution in [-0.2, 0) is 27.7 Å². The quantitative estimate of drug-likeness (QED) is 0.173. The van der Waals surface area contributed by atoms with Gasteiger partial charge in [0.15, 0.2) is 0 Å². The molecule has 0 saturated heterocycles. The largest absolute Gasteiger partial charge is 0.361 e. The molecule has 7 nitrogen and oxygen atoms in total. The molecule has 8 heteroatoms. The van der Waals surface area contributed by atoms with Crippen molar-refractivity contribution in [2.24, 2.45) is 5.92 Å². The second kappa shape index (κ2) is 13.2. The van der Waals surface area contributed by atoms with Gasteiger partial charge in [-0.1, -0.05) is 69.0 Å². The minimum atomic E-state index is -4.02. The summed E-state index contributed by atoms with van der Waals surface area (Å²) in [6.07, 6.45) is 12.2. The zero-order valence-electron chi connectivity index (χ0n) is 24.6. The molecule has 1 aliphatic carbocycles. The molecule has 1 fully saturated rings. The molecule has 2 atom stereocenters. The fraction of sp³-hybridized carbons (Fsp3) is 0.412. The zero-order valence-corrected chi connectivity index (χ0v) is 25.4. The van der Waals surface area contributed by atoms with Gasteiger partial charge in [-0.3, -0.25) is 9.78 Å². The Morgan fingerprint density at radius 3 is 2.48 bits per heavy atom. The summed E-state index contributed by atoms with van der Waals surface area (Å²) in [5.74, 6) is -0.126. The zero-order chi connectivity index (χ0) is 29.6. The van der Waals surface area contributed by atoms with Gasteiger partial charge in [0, 0.05) is 29.7 Å². The number of aryl methyl sites for hydroxylation is 1. The van der Waals surface area contributed by atoms with E-state index in [1.807, 2.05) is 60.8 Å². The van der Waals surface area contributed by atoms with Crippen LogP contribution in [0.2, 0.25) is 0 Å². The molecule has 0 bridgehead atoms. The van der Waals surface area contributed by atoms with Gasteiger partial charge in [0.05, 0.1) is 16.6 Å². The average molecular weight is 587 g/mol. The molecule has 1 amide bonds. The number of H-pyrrole nitrogens is 1. The van der Waals surface area contributed by atoms with E-state index in [0.29, 0.717) is 0 Å². The Balaban J connectivity index is 1.48. The second-order valence-electron chi connectivity index (χ2n) is 11.8. The molecule has 222 valence electrons. The molecule has 2 heterocycles. The monoisotopic (exact) mass is 586 g/mol. The van der Waals surface area contributed by atoms with Gasteiger partial charge < -0.3 is 10.3 Å². The highest BCUT2D eigenvalue weighted by Gasteiger charge is 2.41. The van der Waals surface area contributed by atoms with Crippen molar-refractivity contribution < 1.29 is 13.2 Å². The molecule has 3 N–H and O–H groups in total. The maximum atomic E-state index is 14.4. The van der Waals surface area contributed by atoms with Crippen LogP contribution in [-0.4, -0.2) is 29.8 Å². The van der Waals surface area contributed by atoms with Crippen LogP contribution in [0.4, 0.5) is 0 Å². The highest BCUT2D eigenvalue weighted by Crippen LogP contribution is 2.35. The van der Waals surface area contributed by atoms with Crippen LogP contribution >= 0.6 is 0 Å². The first kappa shape index (κ1) is 30.0. The Morgan fingerprint density at radius 2 is 1.76 bits per heavy atom. The lowest BCUT2D eigenvalue weighted by Gasteiger charge is -2.35. The van der Waals surface area contributed by atoms with E-state index in [1.54, 1.807) is 25.3 Å². The highest BCUT2D eigenvalue weighted by molar-refractivity contribution is 7.89. The van der Waals surface area contributed by atoms with Crippen molar-refractivity contribution in [1.82, 2.24) is 20.0 Å². The lowest BCUT2D eigenvalue weighted by Crippen LogP contribution is -2.59. The lowest BCUT2D eigenvalue weighted by molar-refractivity contribution is -0.127. The van der Waals surface area contributed by atoms with Gasteiger partial charge in [-0.25, -0.2) is 8.42 Å². The number of sulfonamides is 1. The highest BCUT2D eigenvalue weighted by atomic mass is 32.2. The van der Waals surface area contributed by atoms with Crippen molar-refractivity contribution in [3.8, 4) is 0 Å². The minimum Gasteiger partial charge on any atom is -0.361 e. The maximum Gasteiger partial charge on any atom is 0.241 e. The van der Waals surface area contributed by atoms with Crippen molar-refractivity contribution in [2.45, 2.75) is 88.1 Å². The Kier molecular flexibility index (Phi) is 9.43. The number of fused-ring (bicyclic) bond motifs is 1. The smallest absolute Gasteiger partial charge is 0.241 e. The SMILES string of the molecule is CCCCc1ccc(S(=O)(=O)NC(C)(Cc2c[nH]c3ccccc23)C(=O)NC(c2ccccn2)C2CCCCC2)cc1. The van der Waals surface area contributed by atoms with E-state index in [1.165, 1.54) is 6.42 Å². The molecule has 0 spiro atoms. The first-order valence-electron chi connectivity index (χ1n) is 15.2. The molecule has 42 heavy (non-hydrogen) atoms. The van der Waals surface area contributed by atoms with Gasteiger partial charge in [0.25, 0.3) is 0 Å². The lowest BCUT2D eigenvalue weighted by atomic mass is 9.82. The van der Waals surface area contributed by atoms with Crippen LogP contribution in [0, 0.1) is 5.92 Å². The van der Waals surface area contributed by atoms with E-state index in [0.717, 1.165) is 72.7 Å². The van der Waals surface area contributed by atoms with Crippen LogP contribution in [0.5, 0.6) is 0 Å². The van der Waals surface area contributed by atoms with E-state index in [2.05, 4.69) is 26.9 Å². The summed E-state index contributed by atoms with van der Waals surface area (Å²) in [7, 11) is -4.02. The van der Waals surface area contributed by atoms with Crippen LogP contribution < -0.4 is 10.0 Å². The third-order valence-electron chi connectivity index (χ3n) is 8.55. The number of para-hydroxylation sites is 1. The predicted molar refractivity (Wildman–Crippen MR) is 167 cm³/mol. The molecule has 0 aliphatic heterocycles. The fourth-order valence-corrected chi connectivity index (χ4v) is 7.52. The molecule has 2 aromatic heterocycles. The number of hydrogen-bond donors (Lipinski definition) is 3. The number of hydrogen-bond acceptors (Lipinski definition) is 4. The van der Waals surface area contributed by atoms with Gasteiger partial charge in [0.1, 0.15) is 5.54 Å². The topological polar surface area (TPSA) is 104 Å². The Bertz CT molecular complexity index is 1580. The van der Waals surface area contributed by atoms with Gasteiger partial charge in [-0.15, -0.1) is 0 Å². The maximum absolute atomic E-state index is 14.4. The third kappa shape index (κ3) is 6.93. The summed E-state index contributed by atoms with van der Waals surface area (Å²) in [6.45, 7) is 3.82. The summed E-state index contributed by atoms with van der Waals surface area (Å²) in [6, 6.07) is 20.3. The summed E-state index contributed by atoms with van der Waals surface area (Å²) < 4.78 is 30.5. The van der Waals surface area contributed by atoms with E-state index in [4.69, 9.17) is 0 Å². The molecular formula is C34H42N4O3S. The van der Waals surface area contributed by atoms with Crippen molar-refractivity contribution in [3.63, 3.8) is 0 Å². The number of amides is 1. The number of nitrogens with zero attached hydrogens (tertiary/aromatic N) is 1. The number of aromatic amines is 1. The van der Waals surface area contributed by atoms with Crippen molar-refractivity contribution >= 4 is 26.8 Å². The molecule has 1 saturated carbocycles. The number of carbonyl (C=O) groups excluding carboxylic acids is 1. The first-order chi connectivity index (χ1) is 20.3. The third-order valence-corrected chi connectivity index (χ3v) is 10.2. The Labute approximate surface area is 249 Å². The molecule has 1 aliphatic rings. The molecule has 5 rings (SSSR count). The summed E-state index contributed by atoms with van der Waals surface area (Å²) in [5, 5.41) is 4.23. The Hall–Kier alpha value is -3.49. The fourth-order valence-electron chi connectivity index (χ4n) is 6.15. The molecule has 2 unspecified atom stereocenters. The van der Waals surface area contributed by atoms with Gasteiger partial charge >= 0.3 is 0 Å². The number of pyridine rings is 1. The molecule has 2 aromatic carbocycles. The van der Waals surface area contributed by atoms with E-state index in [9.17, 15) is 13.2 Å².